The maximum Gasteiger partial charge on any atom is 0.325 e. The van der Waals surface area contributed by atoms with E-state index in [0.29, 0.717) is 18.3 Å². The molecule has 0 fully saturated rings. The Bertz CT molecular complexity index is 429. The van der Waals surface area contributed by atoms with Crippen molar-refractivity contribution in [3.8, 4) is 0 Å². The monoisotopic (exact) mass is 255 g/mol. The molecule has 0 saturated carbocycles. The van der Waals surface area contributed by atoms with Gasteiger partial charge in [-0.2, -0.15) is 0 Å². The van der Waals surface area contributed by atoms with E-state index in [0.717, 1.165) is 0 Å². The van der Waals surface area contributed by atoms with Crippen molar-refractivity contribution in [1.29, 1.82) is 0 Å². The van der Waals surface area contributed by atoms with E-state index >= 15 is 0 Å². The van der Waals surface area contributed by atoms with Crippen LogP contribution in [0.25, 0.3) is 0 Å². The first-order valence-electron chi connectivity index (χ1n) is 5.67. The van der Waals surface area contributed by atoms with Crippen molar-refractivity contribution in [2.75, 3.05) is 0 Å². The number of nitrogens with zero attached hydrogens (tertiary/aromatic N) is 4. The predicted octanol–water partition coefficient (Wildman–Crippen LogP) is -0.539. The molecule has 0 aliphatic carbocycles. The minimum Gasteiger partial charge on any atom is -0.480 e. The number of carbonyl (C=O) groups is 2. The number of aliphatic carboxylic acids is 1. The van der Waals surface area contributed by atoms with Gasteiger partial charge in [0.25, 0.3) is 0 Å². The molecule has 0 spiro atoms. The Labute approximate surface area is 104 Å². The molecule has 1 amide bonds. The number of hydrogen-bond donors (Lipinski definition) is 2. The molecule has 2 N–H and O–H groups in total. The van der Waals surface area contributed by atoms with Gasteiger partial charge in [0.2, 0.25) is 5.91 Å². The molecular weight excluding hydrogens is 238 g/mol. The van der Waals surface area contributed by atoms with E-state index in [1.807, 2.05) is 13.8 Å². The number of amides is 1. The third-order valence-corrected chi connectivity index (χ3v) is 2.21. The Morgan fingerprint density at radius 2 is 2.06 bits per heavy atom. The van der Waals surface area contributed by atoms with Crippen molar-refractivity contribution in [2.45, 2.75) is 39.8 Å². The quantitative estimate of drug-likeness (QED) is 0.706. The SMILES string of the molecule is CC(C)Cn1nnnc1CC(=O)NC(C)C(=O)O. The van der Waals surface area contributed by atoms with Crippen molar-refractivity contribution in [1.82, 2.24) is 25.5 Å². The summed E-state index contributed by atoms with van der Waals surface area (Å²) >= 11 is 0. The first kappa shape index (κ1) is 14.1. The zero-order valence-corrected chi connectivity index (χ0v) is 10.6. The van der Waals surface area contributed by atoms with Crippen LogP contribution in [-0.2, 0) is 22.6 Å². The van der Waals surface area contributed by atoms with Gasteiger partial charge in [0.15, 0.2) is 5.82 Å². The van der Waals surface area contributed by atoms with Crippen LogP contribution in [-0.4, -0.2) is 43.2 Å². The first-order chi connectivity index (χ1) is 8.40. The van der Waals surface area contributed by atoms with Gasteiger partial charge in [-0.1, -0.05) is 13.8 Å². The third-order valence-electron chi connectivity index (χ3n) is 2.21. The topological polar surface area (TPSA) is 110 Å². The number of carboxylic acid groups (broad SMARTS) is 1. The summed E-state index contributed by atoms with van der Waals surface area (Å²) < 4.78 is 1.55. The molecule has 1 unspecified atom stereocenters. The van der Waals surface area contributed by atoms with Gasteiger partial charge in [0.05, 0.1) is 6.42 Å². The van der Waals surface area contributed by atoms with Gasteiger partial charge in [-0.05, 0) is 23.3 Å². The van der Waals surface area contributed by atoms with Gasteiger partial charge in [0, 0.05) is 6.54 Å². The van der Waals surface area contributed by atoms with E-state index in [-0.39, 0.29) is 6.42 Å². The van der Waals surface area contributed by atoms with E-state index in [2.05, 4.69) is 20.8 Å². The van der Waals surface area contributed by atoms with E-state index in [1.165, 1.54) is 6.92 Å². The minimum absolute atomic E-state index is 0.0304. The fourth-order valence-corrected chi connectivity index (χ4v) is 1.34. The van der Waals surface area contributed by atoms with Crippen LogP contribution in [0.2, 0.25) is 0 Å². The molecule has 0 aromatic carbocycles. The number of aromatic nitrogens is 4. The molecule has 1 aromatic rings. The molecule has 0 radical (unpaired) electrons. The van der Waals surface area contributed by atoms with Gasteiger partial charge in [-0.15, -0.1) is 5.10 Å². The second-order valence-corrected chi connectivity index (χ2v) is 4.48. The van der Waals surface area contributed by atoms with Crippen molar-refractivity contribution < 1.29 is 14.7 Å². The standard InChI is InChI=1S/C10H17N5O3/c1-6(2)5-15-8(12-13-14-15)4-9(16)11-7(3)10(17)18/h6-7H,4-5H2,1-3H3,(H,11,16)(H,17,18). The van der Waals surface area contributed by atoms with Crippen LogP contribution in [0, 0.1) is 5.92 Å². The van der Waals surface area contributed by atoms with Crippen molar-refractivity contribution >= 4 is 11.9 Å². The van der Waals surface area contributed by atoms with Crippen LogP contribution in [0.5, 0.6) is 0 Å². The minimum atomic E-state index is -1.08. The maximum absolute atomic E-state index is 11.6. The van der Waals surface area contributed by atoms with Crippen LogP contribution in [0.3, 0.4) is 0 Å². The van der Waals surface area contributed by atoms with E-state index in [4.69, 9.17) is 5.11 Å². The zero-order valence-electron chi connectivity index (χ0n) is 10.6. The summed E-state index contributed by atoms with van der Waals surface area (Å²) in [5.74, 6) is -0.707. The summed E-state index contributed by atoms with van der Waals surface area (Å²) in [6.07, 6.45) is -0.0304. The van der Waals surface area contributed by atoms with Gasteiger partial charge < -0.3 is 10.4 Å². The fraction of sp³-hybridized carbons (Fsp3) is 0.700. The molecule has 1 aromatic heterocycles. The van der Waals surface area contributed by atoms with Crippen molar-refractivity contribution in [3.63, 3.8) is 0 Å². The molecule has 100 valence electrons. The number of carboxylic acids is 1. The zero-order chi connectivity index (χ0) is 13.7. The maximum atomic E-state index is 11.6. The van der Waals surface area contributed by atoms with Crippen molar-refractivity contribution in [2.24, 2.45) is 5.92 Å². The Morgan fingerprint density at radius 3 is 2.61 bits per heavy atom. The molecule has 1 atom stereocenters. The molecule has 0 aliphatic rings. The lowest BCUT2D eigenvalue weighted by Crippen LogP contribution is -2.39. The summed E-state index contributed by atoms with van der Waals surface area (Å²) in [6, 6.07) is -0.924. The summed E-state index contributed by atoms with van der Waals surface area (Å²) in [4.78, 5) is 22.2. The lowest BCUT2D eigenvalue weighted by molar-refractivity contribution is -0.141. The van der Waals surface area contributed by atoms with Gasteiger partial charge >= 0.3 is 5.97 Å². The third kappa shape index (κ3) is 4.11. The van der Waals surface area contributed by atoms with Crippen LogP contribution < -0.4 is 5.32 Å². The highest BCUT2D eigenvalue weighted by Crippen LogP contribution is 2.01. The Hall–Kier alpha value is -1.99. The number of nitrogens with one attached hydrogen (secondary N) is 1. The van der Waals surface area contributed by atoms with Gasteiger partial charge in [-0.25, -0.2) is 4.68 Å². The van der Waals surface area contributed by atoms with Crippen molar-refractivity contribution in [3.05, 3.63) is 5.82 Å². The highest BCUT2D eigenvalue weighted by Gasteiger charge is 2.17. The van der Waals surface area contributed by atoms with Crippen LogP contribution >= 0.6 is 0 Å². The molecule has 0 saturated heterocycles. The molecule has 1 rings (SSSR count). The lowest BCUT2D eigenvalue weighted by atomic mass is 10.2. The second-order valence-electron chi connectivity index (χ2n) is 4.48. The Morgan fingerprint density at radius 1 is 1.39 bits per heavy atom. The predicted molar refractivity (Wildman–Crippen MR) is 61.6 cm³/mol. The highest BCUT2D eigenvalue weighted by molar-refractivity contribution is 5.84. The van der Waals surface area contributed by atoms with E-state index in [9.17, 15) is 9.59 Å². The smallest absolute Gasteiger partial charge is 0.325 e. The van der Waals surface area contributed by atoms with E-state index < -0.39 is 17.9 Å². The molecule has 0 bridgehead atoms. The largest absolute Gasteiger partial charge is 0.480 e. The number of tetrazole rings is 1. The number of rotatable bonds is 6. The normalized spacial score (nSPS) is 12.4. The summed E-state index contributed by atoms with van der Waals surface area (Å²) in [6.45, 7) is 6.04. The summed E-state index contributed by atoms with van der Waals surface area (Å²) in [5, 5.41) is 22.1. The second kappa shape index (κ2) is 6.08. The lowest BCUT2D eigenvalue weighted by Gasteiger charge is -2.10. The summed E-state index contributed by atoms with van der Waals surface area (Å²) in [7, 11) is 0. The molecule has 1 heterocycles. The van der Waals surface area contributed by atoms with Gasteiger partial charge in [-0.3, -0.25) is 9.59 Å². The molecule has 8 heteroatoms. The number of carbonyl (C=O) groups excluding carboxylic acids is 1. The molecular formula is C10H17N5O3. The first-order valence-corrected chi connectivity index (χ1v) is 5.67. The molecule has 0 aliphatic heterocycles. The molecule has 8 nitrogen and oxygen atoms in total. The summed E-state index contributed by atoms with van der Waals surface area (Å²) in [5.41, 5.74) is 0. The highest BCUT2D eigenvalue weighted by atomic mass is 16.4. The van der Waals surface area contributed by atoms with E-state index in [1.54, 1.807) is 4.68 Å². The Kier molecular flexibility index (Phi) is 4.75. The fourth-order valence-electron chi connectivity index (χ4n) is 1.34. The number of hydrogen-bond acceptors (Lipinski definition) is 5. The average molecular weight is 255 g/mol. The van der Waals surface area contributed by atoms with Crippen LogP contribution in [0.15, 0.2) is 0 Å². The Balaban J connectivity index is 2.59. The molecule has 18 heavy (non-hydrogen) atoms. The van der Waals surface area contributed by atoms with Crippen LogP contribution in [0.4, 0.5) is 0 Å². The average Bonchev–Trinajstić information content (AvgIpc) is 2.64. The van der Waals surface area contributed by atoms with Gasteiger partial charge in [0.1, 0.15) is 6.04 Å². The van der Waals surface area contributed by atoms with Crippen LogP contribution in [0.1, 0.15) is 26.6 Å².